The highest BCUT2D eigenvalue weighted by atomic mass is 79.9. The second kappa shape index (κ2) is 6.27. The number of rotatable bonds is 3. The van der Waals surface area contributed by atoms with Gasteiger partial charge in [0.05, 0.1) is 6.04 Å². The van der Waals surface area contributed by atoms with E-state index in [0.29, 0.717) is 6.42 Å². The summed E-state index contributed by atoms with van der Waals surface area (Å²) >= 11 is 3.45. The highest BCUT2D eigenvalue weighted by Crippen LogP contribution is 2.33. The van der Waals surface area contributed by atoms with Gasteiger partial charge in [0.15, 0.2) is 0 Å². The Bertz CT molecular complexity index is 649. The Morgan fingerprint density at radius 1 is 1.05 bits per heavy atom. The quantitative estimate of drug-likeness (QED) is 0.786. The molecule has 21 heavy (non-hydrogen) atoms. The third-order valence-corrected chi connectivity index (χ3v) is 4.27. The molecule has 1 atom stereocenters. The lowest BCUT2D eigenvalue weighted by Crippen LogP contribution is -2.21. The van der Waals surface area contributed by atoms with Crippen molar-refractivity contribution in [1.82, 2.24) is 4.90 Å². The first-order chi connectivity index (χ1) is 10.2. The lowest BCUT2D eigenvalue weighted by atomic mass is 10.1. The first-order valence-electron chi connectivity index (χ1n) is 7.04. The van der Waals surface area contributed by atoms with Gasteiger partial charge in [-0.25, -0.2) is 0 Å². The lowest BCUT2D eigenvalue weighted by Gasteiger charge is -2.21. The molecule has 0 aliphatic carbocycles. The molecule has 0 N–H and O–H groups in total. The van der Waals surface area contributed by atoms with Crippen molar-refractivity contribution < 1.29 is 4.79 Å². The molecule has 2 aromatic rings. The maximum atomic E-state index is 12.1. The van der Waals surface area contributed by atoms with Gasteiger partial charge in [-0.15, -0.1) is 0 Å². The van der Waals surface area contributed by atoms with Gasteiger partial charge in [0.1, 0.15) is 0 Å². The van der Waals surface area contributed by atoms with Crippen LogP contribution in [0.15, 0.2) is 65.3 Å². The molecule has 0 unspecified atom stereocenters. The molecular formula is C18H16BrNO. The van der Waals surface area contributed by atoms with E-state index in [1.807, 2.05) is 59.6 Å². The molecule has 1 saturated heterocycles. The predicted molar refractivity (Wildman–Crippen MR) is 88.4 cm³/mol. The van der Waals surface area contributed by atoms with Gasteiger partial charge in [-0.2, -0.15) is 0 Å². The average molecular weight is 342 g/mol. The zero-order valence-corrected chi connectivity index (χ0v) is 13.2. The van der Waals surface area contributed by atoms with E-state index in [4.69, 9.17) is 0 Å². The molecule has 1 aliphatic heterocycles. The number of nitrogens with zero attached hydrogens (tertiary/aromatic N) is 1. The first kappa shape index (κ1) is 14.1. The number of benzene rings is 2. The molecule has 106 valence electrons. The highest BCUT2D eigenvalue weighted by Gasteiger charge is 2.30. The third kappa shape index (κ3) is 3.24. The van der Waals surface area contributed by atoms with Crippen molar-refractivity contribution in [2.75, 3.05) is 0 Å². The van der Waals surface area contributed by atoms with Gasteiger partial charge < -0.3 is 4.90 Å². The fourth-order valence-electron chi connectivity index (χ4n) is 2.63. The third-order valence-electron chi connectivity index (χ3n) is 3.74. The average Bonchev–Trinajstić information content (AvgIpc) is 2.88. The Morgan fingerprint density at radius 3 is 2.48 bits per heavy atom. The van der Waals surface area contributed by atoms with Crippen LogP contribution in [0.2, 0.25) is 0 Å². The summed E-state index contributed by atoms with van der Waals surface area (Å²) in [6, 6.07) is 18.4. The molecule has 1 amide bonds. The number of hydrogen-bond donors (Lipinski definition) is 0. The Hall–Kier alpha value is -1.87. The van der Waals surface area contributed by atoms with Gasteiger partial charge in [0.2, 0.25) is 5.91 Å². The van der Waals surface area contributed by atoms with Gasteiger partial charge >= 0.3 is 0 Å². The normalized spacial score (nSPS) is 18.6. The minimum absolute atomic E-state index is 0.144. The zero-order valence-electron chi connectivity index (χ0n) is 11.6. The van der Waals surface area contributed by atoms with Gasteiger partial charge in [-0.05, 0) is 35.8 Å². The maximum Gasteiger partial charge on any atom is 0.227 e. The lowest BCUT2D eigenvalue weighted by molar-refractivity contribution is -0.126. The van der Waals surface area contributed by atoms with E-state index in [9.17, 15) is 4.79 Å². The molecule has 1 fully saturated rings. The van der Waals surface area contributed by atoms with Crippen LogP contribution in [-0.2, 0) is 4.79 Å². The molecule has 0 bridgehead atoms. The summed E-state index contributed by atoms with van der Waals surface area (Å²) in [5.41, 5.74) is 2.29. The molecule has 0 saturated carbocycles. The predicted octanol–water partition coefficient (Wildman–Crippen LogP) is 4.78. The van der Waals surface area contributed by atoms with Crippen LogP contribution in [0.1, 0.15) is 30.0 Å². The largest absolute Gasteiger partial charge is 0.312 e. The molecule has 1 heterocycles. The molecule has 3 rings (SSSR count). The summed E-state index contributed by atoms with van der Waals surface area (Å²) in [5, 5.41) is 0. The molecule has 1 aliphatic rings. The monoisotopic (exact) mass is 341 g/mol. The molecule has 2 aromatic carbocycles. The van der Waals surface area contributed by atoms with Crippen molar-refractivity contribution in [1.29, 1.82) is 0 Å². The number of hydrogen-bond acceptors (Lipinski definition) is 1. The molecule has 0 radical (unpaired) electrons. The van der Waals surface area contributed by atoms with E-state index in [0.717, 1.165) is 16.5 Å². The summed E-state index contributed by atoms with van der Waals surface area (Å²) in [6.45, 7) is 0. The van der Waals surface area contributed by atoms with Gasteiger partial charge in [0.25, 0.3) is 0 Å². The van der Waals surface area contributed by atoms with Crippen molar-refractivity contribution in [2.24, 2.45) is 0 Å². The minimum atomic E-state index is 0.144. The minimum Gasteiger partial charge on any atom is -0.312 e. The molecule has 2 nitrogen and oxygen atoms in total. The van der Waals surface area contributed by atoms with E-state index in [1.54, 1.807) is 0 Å². The molecule has 0 spiro atoms. The fourth-order valence-corrected chi connectivity index (χ4v) is 2.90. The molecule has 0 aromatic heterocycles. The standard InChI is InChI=1S/C18H16BrNO/c19-16-8-6-15(7-9-16)17-10-11-18(21)20(17)13-12-14-4-2-1-3-5-14/h1-9,12-13,17H,10-11H2/t17-/m1/s1. The number of halogens is 1. The SMILES string of the molecule is O=C1CC[C@H](c2ccc(Br)cc2)N1C=Cc1ccccc1. The van der Waals surface area contributed by atoms with Crippen molar-refractivity contribution in [3.05, 3.63) is 76.4 Å². The van der Waals surface area contributed by atoms with Crippen LogP contribution in [0.4, 0.5) is 0 Å². The molecular weight excluding hydrogens is 326 g/mol. The van der Waals surface area contributed by atoms with E-state index in [-0.39, 0.29) is 11.9 Å². The van der Waals surface area contributed by atoms with E-state index in [2.05, 4.69) is 28.1 Å². The Morgan fingerprint density at radius 2 is 1.76 bits per heavy atom. The topological polar surface area (TPSA) is 20.3 Å². The summed E-state index contributed by atoms with van der Waals surface area (Å²) < 4.78 is 1.06. The van der Waals surface area contributed by atoms with Crippen LogP contribution >= 0.6 is 15.9 Å². The maximum absolute atomic E-state index is 12.1. The van der Waals surface area contributed by atoms with Crippen LogP contribution in [0.3, 0.4) is 0 Å². The first-order valence-corrected chi connectivity index (χ1v) is 7.83. The Balaban J connectivity index is 1.83. The highest BCUT2D eigenvalue weighted by molar-refractivity contribution is 9.10. The Kier molecular flexibility index (Phi) is 4.20. The van der Waals surface area contributed by atoms with Crippen LogP contribution < -0.4 is 0 Å². The van der Waals surface area contributed by atoms with Crippen LogP contribution in [0.25, 0.3) is 6.08 Å². The van der Waals surface area contributed by atoms with Gasteiger partial charge in [0, 0.05) is 17.1 Å². The summed E-state index contributed by atoms with van der Waals surface area (Å²) in [6.07, 6.45) is 5.39. The van der Waals surface area contributed by atoms with E-state index < -0.39 is 0 Å². The van der Waals surface area contributed by atoms with E-state index >= 15 is 0 Å². The van der Waals surface area contributed by atoms with Crippen LogP contribution in [-0.4, -0.2) is 10.8 Å². The second-order valence-electron chi connectivity index (χ2n) is 5.13. The van der Waals surface area contributed by atoms with Gasteiger partial charge in [-0.3, -0.25) is 4.79 Å². The van der Waals surface area contributed by atoms with E-state index in [1.165, 1.54) is 5.56 Å². The zero-order chi connectivity index (χ0) is 14.7. The summed E-state index contributed by atoms with van der Waals surface area (Å²) in [7, 11) is 0. The number of carbonyl (C=O) groups excluding carboxylic acids is 1. The van der Waals surface area contributed by atoms with Crippen LogP contribution in [0, 0.1) is 0 Å². The van der Waals surface area contributed by atoms with Gasteiger partial charge in [-0.1, -0.05) is 58.4 Å². The number of amides is 1. The van der Waals surface area contributed by atoms with Crippen molar-refractivity contribution in [3.8, 4) is 0 Å². The fraction of sp³-hybridized carbons (Fsp3) is 0.167. The number of carbonyl (C=O) groups is 1. The second-order valence-corrected chi connectivity index (χ2v) is 6.05. The smallest absolute Gasteiger partial charge is 0.227 e. The van der Waals surface area contributed by atoms with Crippen molar-refractivity contribution in [3.63, 3.8) is 0 Å². The Labute approximate surface area is 133 Å². The number of likely N-dealkylation sites (tertiary alicyclic amines) is 1. The summed E-state index contributed by atoms with van der Waals surface area (Å²) in [4.78, 5) is 14.0. The van der Waals surface area contributed by atoms with Crippen molar-refractivity contribution in [2.45, 2.75) is 18.9 Å². The van der Waals surface area contributed by atoms with Crippen LogP contribution in [0.5, 0.6) is 0 Å². The molecule has 3 heteroatoms. The summed E-state index contributed by atoms with van der Waals surface area (Å²) in [5.74, 6) is 0.190. The van der Waals surface area contributed by atoms with Crippen molar-refractivity contribution >= 4 is 27.9 Å².